The fraction of sp³-hybridized carbons (Fsp3) is 0.263. The summed E-state index contributed by atoms with van der Waals surface area (Å²) in [6.07, 6.45) is 4.09. The molecular formula is C19H18BrN3O. The zero-order valence-electron chi connectivity index (χ0n) is 13.2. The molecule has 0 atom stereocenters. The number of imidazole rings is 1. The van der Waals surface area contributed by atoms with Crippen molar-refractivity contribution in [3.8, 4) is 0 Å². The minimum atomic E-state index is -0.0181. The number of benzene rings is 2. The predicted molar refractivity (Wildman–Crippen MR) is 99.2 cm³/mol. The summed E-state index contributed by atoms with van der Waals surface area (Å²) < 4.78 is 1.01. The molecule has 1 aliphatic carbocycles. The van der Waals surface area contributed by atoms with Crippen molar-refractivity contribution < 1.29 is 4.79 Å². The van der Waals surface area contributed by atoms with Crippen molar-refractivity contribution in [3.05, 3.63) is 58.3 Å². The fourth-order valence-electron chi connectivity index (χ4n) is 2.97. The molecule has 4 rings (SSSR count). The topological polar surface area (TPSA) is 57.8 Å². The highest BCUT2D eigenvalue weighted by atomic mass is 79.9. The van der Waals surface area contributed by atoms with Crippen molar-refractivity contribution in [3.63, 3.8) is 0 Å². The van der Waals surface area contributed by atoms with E-state index in [-0.39, 0.29) is 5.91 Å². The molecule has 1 aromatic heterocycles. The van der Waals surface area contributed by atoms with Crippen LogP contribution >= 0.6 is 15.9 Å². The van der Waals surface area contributed by atoms with Gasteiger partial charge in [0.2, 0.25) is 5.91 Å². The van der Waals surface area contributed by atoms with Gasteiger partial charge < -0.3 is 10.3 Å². The van der Waals surface area contributed by atoms with Gasteiger partial charge >= 0.3 is 0 Å². The Labute approximate surface area is 148 Å². The van der Waals surface area contributed by atoms with E-state index in [1.807, 2.05) is 42.5 Å². The highest BCUT2D eigenvalue weighted by Gasteiger charge is 2.22. The third-order valence-electron chi connectivity index (χ3n) is 4.55. The van der Waals surface area contributed by atoms with Crippen LogP contribution in [0.15, 0.2) is 46.9 Å². The van der Waals surface area contributed by atoms with Gasteiger partial charge in [0, 0.05) is 16.1 Å². The molecule has 1 aliphatic rings. The van der Waals surface area contributed by atoms with Crippen LogP contribution in [0.2, 0.25) is 0 Å². The van der Waals surface area contributed by atoms with Crippen molar-refractivity contribution in [2.24, 2.45) is 0 Å². The molecule has 0 bridgehead atoms. The van der Waals surface area contributed by atoms with E-state index >= 15 is 0 Å². The Kier molecular flexibility index (Phi) is 4.10. The predicted octanol–water partition coefficient (Wildman–Crippen LogP) is 4.77. The summed E-state index contributed by atoms with van der Waals surface area (Å²) in [6.45, 7) is 0. The first-order valence-electron chi connectivity index (χ1n) is 8.21. The molecule has 0 unspecified atom stereocenters. The number of hydrogen-bond donors (Lipinski definition) is 2. The molecule has 0 saturated heterocycles. The summed E-state index contributed by atoms with van der Waals surface area (Å²) >= 11 is 3.40. The van der Waals surface area contributed by atoms with E-state index in [2.05, 4.69) is 31.2 Å². The second-order valence-electron chi connectivity index (χ2n) is 6.33. The summed E-state index contributed by atoms with van der Waals surface area (Å²) in [7, 11) is 0. The van der Waals surface area contributed by atoms with Gasteiger partial charge in [0.15, 0.2) is 0 Å². The molecule has 2 N–H and O–H groups in total. The zero-order valence-corrected chi connectivity index (χ0v) is 14.8. The first-order valence-corrected chi connectivity index (χ1v) is 9.00. The summed E-state index contributed by atoms with van der Waals surface area (Å²) in [5.41, 5.74) is 3.74. The molecule has 0 spiro atoms. The fourth-order valence-corrected chi connectivity index (χ4v) is 3.24. The van der Waals surface area contributed by atoms with Gasteiger partial charge in [-0.05, 0) is 48.7 Å². The molecule has 0 radical (unpaired) electrons. The number of nitrogens with zero attached hydrogens (tertiary/aromatic N) is 1. The van der Waals surface area contributed by atoms with Gasteiger partial charge in [-0.25, -0.2) is 4.98 Å². The third kappa shape index (κ3) is 3.22. The lowest BCUT2D eigenvalue weighted by atomic mass is 9.85. The van der Waals surface area contributed by atoms with Gasteiger partial charge in [0.25, 0.3) is 0 Å². The van der Waals surface area contributed by atoms with Crippen molar-refractivity contribution >= 4 is 38.6 Å². The number of anilines is 1. The largest absolute Gasteiger partial charge is 0.342 e. The van der Waals surface area contributed by atoms with E-state index in [1.54, 1.807) is 0 Å². The molecule has 4 nitrogen and oxygen atoms in total. The lowest BCUT2D eigenvalue weighted by Gasteiger charge is -2.22. The summed E-state index contributed by atoms with van der Waals surface area (Å²) in [5.74, 6) is 1.64. The van der Waals surface area contributed by atoms with Crippen LogP contribution in [0.3, 0.4) is 0 Å². The molecular weight excluding hydrogens is 366 g/mol. The van der Waals surface area contributed by atoms with E-state index in [0.29, 0.717) is 12.3 Å². The Balaban J connectivity index is 1.47. The van der Waals surface area contributed by atoms with E-state index < -0.39 is 0 Å². The maximum Gasteiger partial charge on any atom is 0.228 e. The number of carbonyl (C=O) groups is 1. The number of H-pyrrole nitrogens is 1. The van der Waals surface area contributed by atoms with Gasteiger partial charge in [-0.2, -0.15) is 0 Å². The highest BCUT2D eigenvalue weighted by Crippen LogP contribution is 2.35. The third-order valence-corrected chi connectivity index (χ3v) is 5.08. The average Bonchev–Trinajstić information content (AvgIpc) is 2.90. The quantitative estimate of drug-likeness (QED) is 0.681. The monoisotopic (exact) mass is 383 g/mol. The summed E-state index contributed by atoms with van der Waals surface area (Å²) in [6, 6.07) is 13.6. The smallest absolute Gasteiger partial charge is 0.228 e. The molecule has 24 heavy (non-hydrogen) atoms. The van der Waals surface area contributed by atoms with Gasteiger partial charge in [-0.15, -0.1) is 0 Å². The minimum Gasteiger partial charge on any atom is -0.342 e. The number of rotatable bonds is 4. The summed E-state index contributed by atoms with van der Waals surface area (Å²) in [5, 5.41) is 2.97. The van der Waals surface area contributed by atoms with E-state index in [1.165, 1.54) is 19.3 Å². The molecule has 1 saturated carbocycles. The molecule has 0 aliphatic heterocycles. The number of carbonyl (C=O) groups excluding carboxylic acids is 1. The van der Waals surface area contributed by atoms with Crippen LogP contribution in [-0.2, 0) is 11.2 Å². The standard InChI is InChI=1S/C19H18BrN3O/c20-14-6-4-12(5-7-14)10-18(24)21-15-8-9-16-17(11-15)23-19(22-16)13-2-1-3-13/h4-9,11,13H,1-3,10H2,(H,21,24)(H,22,23). The van der Waals surface area contributed by atoms with Gasteiger partial charge in [0.05, 0.1) is 17.5 Å². The Morgan fingerprint density at radius 1 is 1.21 bits per heavy atom. The second-order valence-corrected chi connectivity index (χ2v) is 7.25. The Hall–Kier alpha value is -2.14. The molecule has 1 amide bonds. The molecule has 3 aromatic rings. The first-order chi connectivity index (χ1) is 11.7. The van der Waals surface area contributed by atoms with Crippen LogP contribution in [0.1, 0.15) is 36.6 Å². The lowest BCUT2D eigenvalue weighted by Crippen LogP contribution is -2.14. The minimum absolute atomic E-state index is 0.0181. The SMILES string of the molecule is O=C(Cc1ccc(Br)cc1)Nc1ccc2nc(C3CCC3)[nH]c2c1. The van der Waals surface area contributed by atoms with E-state index in [4.69, 9.17) is 0 Å². The number of aromatic nitrogens is 2. The van der Waals surface area contributed by atoms with Crippen molar-refractivity contribution in [2.45, 2.75) is 31.6 Å². The zero-order chi connectivity index (χ0) is 16.5. The van der Waals surface area contributed by atoms with Crippen LogP contribution < -0.4 is 5.32 Å². The second kappa shape index (κ2) is 6.40. The van der Waals surface area contributed by atoms with E-state index in [0.717, 1.165) is 32.6 Å². The Bertz CT molecular complexity index is 881. The van der Waals surface area contributed by atoms with Crippen LogP contribution in [0.5, 0.6) is 0 Å². The van der Waals surface area contributed by atoms with Crippen LogP contribution in [0.25, 0.3) is 11.0 Å². The number of aromatic amines is 1. The molecule has 1 heterocycles. The average molecular weight is 384 g/mol. The van der Waals surface area contributed by atoms with Crippen molar-refractivity contribution in [1.82, 2.24) is 9.97 Å². The maximum absolute atomic E-state index is 12.2. The Morgan fingerprint density at radius 2 is 2.00 bits per heavy atom. The normalized spacial score (nSPS) is 14.5. The van der Waals surface area contributed by atoms with E-state index in [9.17, 15) is 4.79 Å². The van der Waals surface area contributed by atoms with Gasteiger partial charge in [0.1, 0.15) is 5.82 Å². The molecule has 1 fully saturated rings. The number of fused-ring (bicyclic) bond motifs is 1. The number of halogens is 1. The van der Waals surface area contributed by atoms with Crippen molar-refractivity contribution in [1.29, 1.82) is 0 Å². The Morgan fingerprint density at radius 3 is 2.71 bits per heavy atom. The highest BCUT2D eigenvalue weighted by molar-refractivity contribution is 9.10. The first kappa shape index (κ1) is 15.4. The van der Waals surface area contributed by atoms with Crippen LogP contribution in [0, 0.1) is 0 Å². The lowest BCUT2D eigenvalue weighted by molar-refractivity contribution is -0.115. The van der Waals surface area contributed by atoms with Crippen molar-refractivity contribution in [2.75, 3.05) is 5.32 Å². The molecule has 122 valence electrons. The molecule has 2 aromatic carbocycles. The van der Waals surface area contributed by atoms with Crippen LogP contribution in [-0.4, -0.2) is 15.9 Å². The summed E-state index contributed by atoms with van der Waals surface area (Å²) in [4.78, 5) is 20.3. The number of hydrogen-bond acceptors (Lipinski definition) is 2. The van der Waals surface area contributed by atoms with Gasteiger partial charge in [-0.1, -0.05) is 34.5 Å². The van der Waals surface area contributed by atoms with Gasteiger partial charge in [-0.3, -0.25) is 4.79 Å². The number of nitrogens with one attached hydrogen (secondary N) is 2. The maximum atomic E-state index is 12.2. The molecule has 5 heteroatoms. The van der Waals surface area contributed by atoms with Crippen LogP contribution in [0.4, 0.5) is 5.69 Å². The number of amides is 1.